The Kier molecular flexibility index (Phi) is 8.50. The zero-order chi connectivity index (χ0) is 18.9. The zero-order valence-corrected chi connectivity index (χ0v) is 18.4. The molecule has 0 saturated carbocycles. The molecule has 1 unspecified atom stereocenters. The molecular formula is C20H26AsClN2O2. The Morgan fingerprint density at radius 3 is 2.73 bits per heavy atom. The van der Waals surface area contributed by atoms with Crippen LogP contribution in [0.3, 0.4) is 0 Å². The van der Waals surface area contributed by atoms with Gasteiger partial charge >= 0.3 is 168 Å². The van der Waals surface area contributed by atoms with E-state index < -0.39 is 0 Å². The van der Waals surface area contributed by atoms with Gasteiger partial charge in [-0.1, -0.05) is 0 Å². The first-order valence-electron chi connectivity index (χ1n) is 8.63. The van der Waals surface area contributed by atoms with Gasteiger partial charge in [0.1, 0.15) is 0 Å². The van der Waals surface area contributed by atoms with Crippen LogP contribution in [0.4, 0.5) is 0 Å². The van der Waals surface area contributed by atoms with Crippen LogP contribution in [-0.2, 0) is 5.21 Å². The van der Waals surface area contributed by atoms with Crippen LogP contribution in [0.15, 0.2) is 42.5 Å². The van der Waals surface area contributed by atoms with Crippen molar-refractivity contribution >= 4 is 33.3 Å². The standard InChI is InChI=1S/C20H26AsClN2O2/c1-21-14-16-12-15(20(25)23-10-5-11-24(2)3)8-9-19(16)26-18-7-4-6-17(22)13-18/h4,6-9,12-13,21H,5,10-11,14H2,1-3H3,(H,23,25). The van der Waals surface area contributed by atoms with Gasteiger partial charge in [0.15, 0.2) is 0 Å². The van der Waals surface area contributed by atoms with E-state index in [1.165, 1.54) is 0 Å². The Bertz CT molecular complexity index is 738. The number of carbonyl (C=O) groups is 1. The van der Waals surface area contributed by atoms with Gasteiger partial charge in [-0.3, -0.25) is 0 Å². The van der Waals surface area contributed by atoms with Crippen molar-refractivity contribution in [3.63, 3.8) is 0 Å². The van der Waals surface area contributed by atoms with Crippen LogP contribution in [0, 0.1) is 0 Å². The van der Waals surface area contributed by atoms with Crippen LogP contribution < -0.4 is 10.1 Å². The number of hydrogen-bond donors (Lipinski definition) is 1. The zero-order valence-electron chi connectivity index (χ0n) is 15.5. The number of amides is 1. The molecule has 0 spiro atoms. The number of benzene rings is 2. The summed E-state index contributed by atoms with van der Waals surface area (Å²) in [7, 11) is 4.06. The average molecular weight is 437 g/mol. The van der Waals surface area contributed by atoms with E-state index in [0.717, 1.165) is 29.5 Å². The van der Waals surface area contributed by atoms with Gasteiger partial charge < -0.3 is 0 Å². The van der Waals surface area contributed by atoms with Gasteiger partial charge in [0.25, 0.3) is 0 Å². The molecule has 1 N–H and O–H groups in total. The third-order valence-electron chi connectivity index (χ3n) is 3.78. The van der Waals surface area contributed by atoms with Crippen LogP contribution in [0.25, 0.3) is 0 Å². The molecule has 4 nitrogen and oxygen atoms in total. The van der Waals surface area contributed by atoms with E-state index in [1.54, 1.807) is 6.07 Å². The number of nitrogens with zero attached hydrogens (tertiary/aromatic N) is 1. The van der Waals surface area contributed by atoms with E-state index in [1.807, 2.05) is 50.5 Å². The van der Waals surface area contributed by atoms with Crippen molar-refractivity contribution in [3.8, 4) is 11.5 Å². The van der Waals surface area contributed by atoms with Crippen LogP contribution in [-0.4, -0.2) is 53.7 Å². The topological polar surface area (TPSA) is 41.6 Å². The van der Waals surface area contributed by atoms with Gasteiger partial charge in [-0.05, 0) is 0 Å². The fourth-order valence-corrected chi connectivity index (χ4v) is 4.06. The van der Waals surface area contributed by atoms with Gasteiger partial charge in [-0.25, -0.2) is 0 Å². The molecule has 26 heavy (non-hydrogen) atoms. The molecule has 6 heteroatoms. The van der Waals surface area contributed by atoms with Crippen molar-refractivity contribution in [2.24, 2.45) is 0 Å². The Hall–Kier alpha value is -1.48. The first-order valence-corrected chi connectivity index (χ1v) is 12.6. The summed E-state index contributed by atoms with van der Waals surface area (Å²) >= 11 is 5.93. The molecule has 1 amide bonds. The van der Waals surface area contributed by atoms with E-state index in [9.17, 15) is 4.79 Å². The summed E-state index contributed by atoms with van der Waals surface area (Å²) in [6, 6.07) is 13.0. The van der Waals surface area contributed by atoms with E-state index in [4.69, 9.17) is 16.3 Å². The molecule has 1 atom stereocenters. The number of hydrogen-bond acceptors (Lipinski definition) is 3. The molecule has 0 radical (unpaired) electrons. The molecule has 0 aliphatic rings. The summed E-state index contributed by atoms with van der Waals surface area (Å²) in [5.74, 6) is 1.47. The summed E-state index contributed by atoms with van der Waals surface area (Å²) in [4.78, 5) is 14.5. The number of carbonyl (C=O) groups excluding carboxylic acids is 1. The molecule has 0 aliphatic heterocycles. The number of ether oxygens (including phenoxy) is 1. The number of nitrogens with one attached hydrogen (secondary N) is 1. The molecule has 0 bridgehead atoms. The predicted octanol–water partition coefficient (Wildman–Crippen LogP) is 3.80. The Labute approximate surface area is 167 Å². The molecule has 0 heterocycles. The van der Waals surface area contributed by atoms with Crippen molar-refractivity contribution in [1.82, 2.24) is 10.2 Å². The summed E-state index contributed by atoms with van der Waals surface area (Å²) in [6.07, 6.45) is 0.933. The van der Waals surface area contributed by atoms with Crippen molar-refractivity contribution in [2.75, 3.05) is 27.2 Å². The Morgan fingerprint density at radius 1 is 1.23 bits per heavy atom. The maximum atomic E-state index is 12.4. The van der Waals surface area contributed by atoms with Crippen molar-refractivity contribution in [2.45, 2.75) is 17.3 Å². The van der Waals surface area contributed by atoms with Crippen LogP contribution in [0.5, 0.6) is 11.5 Å². The number of halogens is 1. The number of rotatable bonds is 9. The summed E-state index contributed by atoms with van der Waals surface area (Å²) in [6.45, 7) is 1.63. The molecule has 0 fully saturated rings. The van der Waals surface area contributed by atoms with Gasteiger partial charge in [0, 0.05) is 0 Å². The van der Waals surface area contributed by atoms with Crippen molar-refractivity contribution < 1.29 is 9.53 Å². The molecule has 2 aromatic rings. The predicted molar refractivity (Wildman–Crippen MR) is 110 cm³/mol. The van der Waals surface area contributed by atoms with E-state index in [0.29, 0.717) is 22.9 Å². The molecular weight excluding hydrogens is 411 g/mol. The monoisotopic (exact) mass is 436 g/mol. The van der Waals surface area contributed by atoms with Gasteiger partial charge in [0.2, 0.25) is 0 Å². The Balaban J connectivity index is 2.08. The van der Waals surface area contributed by atoms with Crippen LogP contribution in [0.2, 0.25) is 10.7 Å². The van der Waals surface area contributed by atoms with E-state index >= 15 is 0 Å². The summed E-state index contributed by atoms with van der Waals surface area (Å²) in [5, 5.41) is 4.60. The first kappa shape index (κ1) is 20.8. The quantitative estimate of drug-likeness (QED) is 0.480. The third kappa shape index (κ3) is 6.68. The molecule has 140 valence electrons. The second kappa shape index (κ2) is 10.6. The van der Waals surface area contributed by atoms with Crippen molar-refractivity contribution in [1.29, 1.82) is 0 Å². The van der Waals surface area contributed by atoms with Gasteiger partial charge in [0.05, 0.1) is 0 Å². The van der Waals surface area contributed by atoms with Crippen LogP contribution >= 0.6 is 11.6 Å². The minimum absolute atomic E-state index is 0.0320. The molecule has 2 rings (SSSR count). The van der Waals surface area contributed by atoms with Gasteiger partial charge in [-0.2, -0.15) is 0 Å². The molecule has 0 saturated heterocycles. The normalized spacial score (nSPS) is 11.3. The van der Waals surface area contributed by atoms with Crippen LogP contribution in [0.1, 0.15) is 22.3 Å². The van der Waals surface area contributed by atoms with Gasteiger partial charge in [-0.15, -0.1) is 0 Å². The molecule has 0 aromatic heterocycles. The van der Waals surface area contributed by atoms with Crippen molar-refractivity contribution in [3.05, 3.63) is 58.6 Å². The molecule has 0 aliphatic carbocycles. The fourth-order valence-electron chi connectivity index (χ4n) is 2.51. The van der Waals surface area contributed by atoms with E-state index in [-0.39, 0.29) is 21.7 Å². The second-order valence-corrected chi connectivity index (χ2v) is 8.99. The molecule has 2 aromatic carbocycles. The Morgan fingerprint density at radius 2 is 2.04 bits per heavy atom. The summed E-state index contributed by atoms with van der Waals surface area (Å²) < 4.78 is 6.00. The minimum atomic E-state index is -0.0965. The fraction of sp³-hybridized carbons (Fsp3) is 0.350. The SMILES string of the molecule is C[AsH]Cc1cc(C(=O)NCCCN(C)C)ccc1Oc1cccc(Cl)c1. The third-order valence-corrected chi connectivity index (χ3v) is 5.56. The average Bonchev–Trinajstić information content (AvgIpc) is 2.60. The first-order chi connectivity index (χ1) is 12.5. The summed E-state index contributed by atoms with van der Waals surface area (Å²) in [5.41, 5.74) is 3.99. The second-order valence-electron chi connectivity index (χ2n) is 6.32. The van der Waals surface area contributed by atoms with E-state index in [2.05, 4.69) is 15.9 Å². The maximum absolute atomic E-state index is 12.4.